The fraction of sp³-hybridized carbons (Fsp3) is 0.360. The minimum atomic E-state index is -1.51. The normalized spacial score (nSPS) is 14.4. The summed E-state index contributed by atoms with van der Waals surface area (Å²) in [4.78, 5) is 28.3. The summed E-state index contributed by atoms with van der Waals surface area (Å²) in [5.41, 5.74) is 2.83. The fourth-order valence-corrected chi connectivity index (χ4v) is 3.72. The molecule has 2 N–H and O–H groups in total. The lowest BCUT2D eigenvalue weighted by Gasteiger charge is -2.36. The third kappa shape index (κ3) is 6.18. The molecule has 0 bridgehead atoms. The average Bonchev–Trinajstić information content (AvgIpc) is 2.78. The van der Waals surface area contributed by atoms with Crippen molar-refractivity contribution >= 4 is 24.6 Å². The van der Waals surface area contributed by atoms with Crippen LogP contribution in [0.3, 0.4) is 0 Å². The largest absolute Gasteiger partial charge is 0.489 e. The van der Waals surface area contributed by atoms with Gasteiger partial charge in [-0.25, -0.2) is 9.69 Å². The van der Waals surface area contributed by atoms with Crippen molar-refractivity contribution in [1.29, 1.82) is 0 Å². The highest BCUT2D eigenvalue weighted by Crippen LogP contribution is 2.23. The third-order valence-corrected chi connectivity index (χ3v) is 5.82. The molecule has 0 spiro atoms. The van der Waals surface area contributed by atoms with E-state index in [1.807, 2.05) is 57.0 Å². The Morgan fingerprint density at radius 3 is 2.38 bits per heavy atom. The Morgan fingerprint density at radius 1 is 1.09 bits per heavy atom. The van der Waals surface area contributed by atoms with Crippen LogP contribution < -0.4 is 10.2 Å². The van der Waals surface area contributed by atoms with Crippen molar-refractivity contribution in [2.45, 2.75) is 46.3 Å². The lowest BCUT2D eigenvalue weighted by atomic mass is 9.80. The Bertz CT molecular complexity index is 1080. The van der Waals surface area contributed by atoms with Gasteiger partial charge >= 0.3 is 13.2 Å². The van der Waals surface area contributed by atoms with E-state index in [1.165, 1.54) is 0 Å². The van der Waals surface area contributed by atoms with Crippen LogP contribution >= 0.6 is 0 Å². The highest BCUT2D eigenvalue weighted by Gasteiger charge is 2.34. The molecule has 0 aromatic heterocycles. The number of allylic oxidation sites excluding steroid dienone is 1. The topological polar surface area (TPSA) is 99.5 Å². The Morgan fingerprint density at radius 2 is 1.74 bits per heavy atom. The minimum absolute atomic E-state index is 0.155. The predicted octanol–water partition coefficient (Wildman–Crippen LogP) is 2.43. The van der Waals surface area contributed by atoms with Crippen molar-refractivity contribution in [3.63, 3.8) is 0 Å². The number of carbonyl (C=O) groups is 2. The van der Waals surface area contributed by atoms with Crippen molar-refractivity contribution in [3.05, 3.63) is 70.9 Å². The molecule has 1 aliphatic heterocycles. The zero-order chi connectivity index (χ0) is 25.0. The first-order chi connectivity index (χ1) is 16.0. The molecule has 180 valence electrons. The predicted molar refractivity (Wildman–Crippen MR) is 129 cm³/mol. The van der Waals surface area contributed by atoms with Crippen LogP contribution in [0.25, 0.3) is 0 Å². The van der Waals surface area contributed by atoms with Gasteiger partial charge in [0.1, 0.15) is 24.6 Å². The van der Waals surface area contributed by atoms with Gasteiger partial charge in [-0.2, -0.15) is 0 Å². The summed E-state index contributed by atoms with van der Waals surface area (Å²) >= 11 is 0. The van der Waals surface area contributed by atoms with Gasteiger partial charge in [0.2, 0.25) is 0 Å². The summed E-state index contributed by atoms with van der Waals surface area (Å²) in [6, 6.07) is 14.3. The van der Waals surface area contributed by atoms with Crippen molar-refractivity contribution in [1.82, 2.24) is 9.80 Å². The molecule has 2 amide bonds. The summed E-state index contributed by atoms with van der Waals surface area (Å²) in [5, 5.41) is 18.4. The standard InChI is InChI=1S/C25H31BN2O6/c1-17-18(2)27(5)16-28(23(17)29)24(30)34-25(3,4)14-19-7-6-8-20(13-19)15-33-22-11-9-21(10-12-22)26(31)32/h6-13,31-32H,14-16H2,1-5H3. The average molecular weight is 466 g/mol. The first kappa shape index (κ1) is 25.3. The lowest BCUT2D eigenvalue weighted by Crippen LogP contribution is -2.50. The van der Waals surface area contributed by atoms with Crippen LogP contribution in [0, 0.1) is 0 Å². The van der Waals surface area contributed by atoms with Crippen molar-refractivity contribution in [2.75, 3.05) is 13.7 Å². The van der Waals surface area contributed by atoms with E-state index in [0.29, 0.717) is 29.8 Å². The first-order valence-corrected chi connectivity index (χ1v) is 11.1. The van der Waals surface area contributed by atoms with Gasteiger partial charge in [0.15, 0.2) is 0 Å². The number of imide groups is 1. The van der Waals surface area contributed by atoms with Crippen LogP contribution in [-0.4, -0.2) is 58.3 Å². The van der Waals surface area contributed by atoms with E-state index in [2.05, 4.69) is 0 Å². The number of amides is 2. The van der Waals surface area contributed by atoms with Crippen LogP contribution in [0.1, 0.15) is 38.8 Å². The molecule has 1 heterocycles. The highest BCUT2D eigenvalue weighted by atomic mass is 16.6. The third-order valence-electron chi connectivity index (χ3n) is 5.82. The summed E-state index contributed by atoms with van der Waals surface area (Å²) in [6.45, 7) is 7.67. The van der Waals surface area contributed by atoms with E-state index >= 15 is 0 Å². The van der Waals surface area contributed by atoms with Gasteiger partial charge < -0.3 is 24.4 Å². The maximum absolute atomic E-state index is 12.8. The SMILES string of the molecule is CC1=C(C)N(C)CN(C(=O)OC(C)(C)Cc2cccc(COc3ccc(B(O)O)cc3)c2)C1=O. The highest BCUT2D eigenvalue weighted by molar-refractivity contribution is 6.58. The number of nitrogens with zero attached hydrogens (tertiary/aromatic N) is 2. The van der Waals surface area contributed by atoms with Gasteiger partial charge in [0.05, 0.1) is 0 Å². The second-order valence-corrected chi connectivity index (χ2v) is 9.14. The van der Waals surface area contributed by atoms with E-state index < -0.39 is 18.8 Å². The van der Waals surface area contributed by atoms with Gasteiger partial charge in [0, 0.05) is 24.7 Å². The molecule has 0 atom stereocenters. The molecule has 34 heavy (non-hydrogen) atoms. The first-order valence-electron chi connectivity index (χ1n) is 11.1. The van der Waals surface area contributed by atoms with Crippen molar-refractivity contribution < 1.29 is 29.1 Å². The molecule has 0 saturated heterocycles. The Labute approximate surface area is 200 Å². The molecule has 0 aliphatic carbocycles. The Hall–Kier alpha value is -3.30. The molecule has 9 heteroatoms. The quantitative estimate of drug-likeness (QED) is 0.605. The second-order valence-electron chi connectivity index (χ2n) is 9.14. The summed E-state index contributed by atoms with van der Waals surface area (Å²) in [5.74, 6) is 0.275. The summed E-state index contributed by atoms with van der Waals surface area (Å²) < 4.78 is 11.5. The number of ether oxygens (including phenoxy) is 2. The molecular formula is C25H31BN2O6. The van der Waals surface area contributed by atoms with Crippen LogP contribution in [0.2, 0.25) is 0 Å². The number of benzene rings is 2. The van der Waals surface area contributed by atoms with Crippen molar-refractivity contribution in [2.24, 2.45) is 0 Å². The van der Waals surface area contributed by atoms with Crippen LogP contribution in [0.15, 0.2) is 59.8 Å². The van der Waals surface area contributed by atoms with E-state index in [0.717, 1.165) is 21.7 Å². The van der Waals surface area contributed by atoms with E-state index in [1.54, 1.807) is 31.2 Å². The van der Waals surface area contributed by atoms with E-state index in [9.17, 15) is 19.6 Å². The monoisotopic (exact) mass is 466 g/mol. The molecule has 0 saturated carbocycles. The van der Waals surface area contributed by atoms with Gasteiger partial charge in [-0.3, -0.25) is 4.79 Å². The summed E-state index contributed by atoms with van der Waals surface area (Å²) in [7, 11) is 0.316. The minimum Gasteiger partial charge on any atom is -0.489 e. The molecule has 8 nitrogen and oxygen atoms in total. The van der Waals surface area contributed by atoms with Crippen LogP contribution in [0.5, 0.6) is 5.75 Å². The van der Waals surface area contributed by atoms with Gasteiger partial charge in [-0.15, -0.1) is 0 Å². The molecular weight excluding hydrogens is 435 g/mol. The maximum Gasteiger partial charge on any atom is 0.488 e. The molecule has 0 fully saturated rings. The Balaban J connectivity index is 1.61. The molecule has 3 rings (SSSR count). The number of carbonyl (C=O) groups excluding carboxylic acids is 2. The number of rotatable bonds is 7. The zero-order valence-corrected chi connectivity index (χ0v) is 20.2. The van der Waals surface area contributed by atoms with Gasteiger partial charge in [-0.1, -0.05) is 36.4 Å². The van der Waals surface area contributed by atoms with Crippen LogP contribution in [-0.2, 0) is 22.6 Å². The number of hydrogen-bond acceptors (Lipinski definition) is 7. The second kappa shape index (κ2) is 10.3. The van der Waals surface area contributed by atoms with E-state index in [4.69, 9.17) is 9.47 Å². The van der Waals surface area contributed by atoms with Gasteiger partial charge in [-0.05, 0) is 56.4 Å². The smallest absolute Gasteiger partial charge is 0.488 e. The fourth-order valence-electron chi connectivity index (χ4n) is 3.72. The molecule has 0 unspecified atom stereocenters. The van der Waals surface area contributed by atoms with E-state index in [-0.39, 0.29) is 12.6 Å². The lowest BCUT2D eigenvalue weighted by molar-refractivity contribution is -0.129. The maximum atomic E-state index is 12.8. The zero-order valence-electron chi connectivity index (χ0n) is 20.2. The van der Waals surface area contributed by atoms with Gasteiger partial charge in [0.25, 0.3) is 5.91 Å². The number of hydrogen-bond donors (Lipinski definition) is 2. The molecule has 1 aliphatic rings. The summed E-state index contributed by atoms with van der Waals surface area (Å²) in [6.07, 6.45) is -0.203. The Kier molecular flexibility index (Phi) is 7.69. The molecule has 2 aromatic carbocycles. The van der Waals surface area contributed by atoms with Crippen molar-refractivity contribution in [3.8, 4) is 5.75 Å². The molecule has 2 aromatic rings. The molecule has 0 radical (unpaired) electrons. The van der Waals surface area contributed by atoms with Crippen LogP contribution in [0.4, 0.5) is 4.79 Å².